The summed E-state index contributed by atoms with van der Waals surface area (Å²) in [6.45, 7) is 0.574. The average Bonchev–Trinajstić information content (AvgIpc) is 2.74. The number of nitrogens with zero attached hydrogens (tertiary/aromatic N) is 5. The summed E-state index contributed by atoms with van der Waals surface area (Å²) in [4.78, 5) is 20.4. The van der Waals surface area contributed by atoms with Crippen molar-refractivity contribution >= 4 is 17.0 Å². The lowest BCUT2D eigenvalue weighted by Gasteiger charge is -2.10. The lowest BCUT2D eigenvalue weighted by atomic mass is 10.1. The summed E-state index contributed by atoms with van der Waals surface area (Å²) in [5.41, 5.74) is 1.24. The van der Waals surface area contributed by atoms with Gasteiger partial charge in [0.2, 0.25) is 5.88 Å². The maximum absolute atomic E-state index is 12.6. The summed E-state index contributed by atoms with van der Waals surface area (Å²) in [6.07, 6.45) is 1.54. The van der Waals surface area contributed by atoms with Crippen molar-refractivity contribution in [1.29, 1.82) is 0 Å². The van der Waals surface area contributed by atoms with Gasteiger partial charge in [0.1, 0.15) is 17.6 Å². The predicted molar refractivity (Wildman–Crippen MR) is 103 cm³/mol. The van der Waals surface area contributed by atoms with Gasteiger partial charge in [-0.25, -0.2) is 24.9 Å². The fraction of sp³-hybridized carbons (Fsp3) is 0.150. The third-order valence-corrected chi connectivity index (χ3v) is 4.16. The third-order valence-electron chi connectivity index (χ3n) is 4.16. The van der Waals surface area contributed by atoms with Crippen molar-refractivity contribution in [3.05, 3.63) is 72.4 Å². The van der Waals surface area contributed by atoms with E-state index >= 15 is 0 Å². The molecule has 0 amide bonds. The highest BCUT2D eigenvalue weighted by Crippen LogP contribution is 2.30. The maximum atomic E-state index is 12.6. The third kappa shape index (κ3) is 4.59. The number of hydrogen-bond donors (Lipinski definition) is 1. The zero-order chi connectivity index (χ0) is 21.0. The van der Waals surface area contributed by atoms with Crippen LogP contribution >= 0.6 is 0 Å². The minimum atomic E-state index is -4.43. The number of pyridine rings is 1. The Bertz CT molecular complexity index is 1150. The van der Waals surface area contributed by atoms with Crippen LogP contribution in [0.3, 0.4) is 0 Å². The van der Waals surface area contributed by atoms with Crippen LogP contribution in [0.15, 0.2) is 61.3 Å². The van der Waals surface area contributed by atoms with E-state index in [1.807, 2.05) is 6.07 Å². The molecule has 0 aliphatic rings. The van der Waals surface area contributed by atoms with E-state index in [4.69, 9.17) is 4.74 Å². The van der Waals surface area contributed by atoms with Crippen molar-refractivity contribution in [2.45, 2.75) is 12.6 Å². The first-order chi connectivity index (χ1) is 14.5. The first-order valence-electron chi connectivity index (χ1n) is 8.95. The maximum Gasteiger partial charge on any atom is 0.417 e. The van der Waals surface area contributed by atoms with Gasteiger partial charge in [0, 0.05) is 31.2 Å². The van der Waals surface area contributed by atoms with Gasteiger partial charge in [0.25, 0.3) is 0 Å². The molecule has 152 valence electrons. The summed E-state index contributed by atoms with van der Waals surface area (Å²) >= 11 is 0. The van der Waals surface area contributed by atoms with Crippen molar-refractivity contribution in [1.82, 2.24) is 24.9 Å². The van der Waals surface area contributed by atoms with Crippen molar-refractivity contribution in [2.24, 2.45) is 0 Å². The van der Waals surface area contributed by atoms with Crippen molar-refractivity contribution < 1.29 is 17.9 Å². The average molecular weight is 412 g/mol. The summed E-state index contributed by atoms with van der Waals surface area (Å²) in [7, 11) is 0. The number of rotatable bonds is 6. The van der Waals surface area contributed by atoms with Gasteiger partial charge in [0.15, 0.2) is 11.5 Å². The Kier molecular flexibility index (Phi) is 5.38. The Hall–Kier alpha value is -3.82. The second kappa shape index (κ2) is 8.27. The molecule has 1 N–H and O–H groups in total. The summed E-state index contributed by atoms with van der Waals surface area (Å²) < 4.78 is 43.4. The van der Waals surface area contributed by atoms with Crippen LogP contribution in [0.1, 0.15) is 11.1 Å². The second-order valence-electron chi connectivity index (χ2n) is 6.26. The Balaban J connectivity index is 1.39. The number of fused-ring (bicyclic) bond motifs is 1. The Morgan fingerprint density at radius 2 is 1.80 bits per heavy atom. The number of anilines is 1. The molecule has 0 aliphatic heterocycles. The topological polar surface area (TPSA) is 85.7 Å². The molecule has 30 heavy (non-hydrogen) atoms. The molecular formula is C20H15F3N6O. The van der Waals surface area contributed by atoms with Crippen LogP contribution in [0, 0.1) is 0 Å². The van der Waals surface area contributed by atoms with Gasteiger partial charge < -0.3 is 10.1 Å². The number of alkyl halides is 3. The molecule has 0 saturated carbocycles. The molecule has 7 nitrogen and oxygen atoms in total. The monoisotopic (exact) mass is 412 g/mol. The van der Waals surface area contributed by atoms with E-state index in [-0.39, 0.29) is 5.88 Å². The fourth-order valence-electron chi connectivity index (χ4n) is 2.74. The molecule has 0 fully saturated rings. The first-order valence-corrected chi connectivity index (χ1v) is 8.95. The Morgan fingerprint density at radius 1 is 0.933 bits per heavy atom. The first kappa shape index (κ1) is 19.5. The molecule has 3 heterocycles. The molecule has 0 radical (unpaired) electrons. The van der Waals surface area contributed by atoms with Gasteiger partial charge >= 0.3 is 6.18 Å². The lowest BCUT2D eigenvalue weighted by Crippen LogP contribution is -2.08. The highest BCUT2D eigenvalue weighted by molar-refractivity contribution is 5.81. The van der Waals surface area contributed by atoms with Crippen molar-refractivity contribution in [2.75, 3.05) is 11.9 Å². The van der Waals surface area contributed by atoms with Gasteiger partial charge in [-0.05, 0) is 30.2 Å². The minimum Gasteiger partial charge on any atom is -0.439 e. The van der Waals surface area contributed by atoms with E-state index in [1.165, 1.54) is 12.4 Å². The van der Waals surface area contributed by atoms with E-state index in [0.717, 1.165) is 17.8 Å². The van der Waals surface area contributed by atoms with Gasteiger partial charge in [0.05, 0.1) is 5.56 Å². The van der Waals surface area contributed by atoms with Gasteiger partial charge in [-0.3, -0.25) is 0 Å². The molecule has 4 aromatic rings. The van der Waals surface area contributed by atoms with Gasteiger partial charge in [-0.2, -0.15) is 13.2 Å². The number of benzene rings is 1. The highest BCUT2D eigenvalue weighted by Gasteiger charge is 2.30. The van der Waals surface area contributed by atoms with Gasteiger partial charge in [-0.1, -0.05) is 12.1 Å². The van der Waals surface area contributed by atoms with Crippen molar-refractivity contribution in [3.8, 4) is 11.6 Å². The summed E-state index contributed by atoms with van der Waals surface area (Å²) in [5.74, 6) is 1.16. The summed E-state index contributed by atoms with van der Waals surface area (Å²) in [6, 6.07) is 9.37. The molecule has 0 unspecified atom stereocenters. The van der Waals surface area contributed by atoms with Crippen LogP contribution in [0.4, 0.5) is 19.0 Å². The molecule has 4 rings (SSSR count). The molecule has 0 aliphatic carbocycles. The van der Waals surface area contributed by atoms with E-state index in [2.05, 4.69) is 30.2 Å². The molecule has 10 heteroatoms. The normalized spacial score (nSPS) is 11.4. The number of aromatic nitrogens is 5. The van der Waals surface area contributed by atoms with E-state index in [9.17, 15) is 13.2 Å². The van der Waals surface area contributed by atoms with Crippen LogP contribution in [0.25, 0.3) is 11.2 Å². The smallest absolute Gasteiger partial charge is 0.417 e. The molecule has 0 atom stereocenters. The standard InChI is InChI=1S/C20H15F3N6O/c21-20(22,23)14-4-5-16(27-11-14)30-15-3-1-2-13(10-15)6-7-25-18-17-19(29-12-28-18)26-9-8-24-17/h1-5,8-12H,6-7H2,(H,25,26,28,29). The number of nitrogens with one attached hydrogen (secondary N) is 1. The van der Waals surface area contributed by atoms with E-state index in [0.29, 0.717) is 35.7 Å². The minimum absolute atomic E-state index is 0.0873. The lowest BCUT2D eigenvalue weighted by molar-refractivity contribution is -0.137. The molecule has 0 spiro atoms. The number of hydrogen-bond acceptors (Lipinski definition) is 7. The van der Waals surface area contributed by atoms with Crippen LogP contribution in [0.5, 0.6) is 11.6 Å². The molecular weight excluding hydrogens is 397 g/mol. The van der Waals surface area contributed by atoms with Crippen LogP contribution in [-0.4, -0.2) is 31.5 Å². The van der Waals surface area contributed by atoms with Crippen LogP contribution in [-0.2, 0) is 12.6 Å². The van der Waals surface area contributed by atoms with Gasteiger partial charge in [-0.15, -0.1) is 0 Å². The fourth-order valence-corrected chi connectivity index (χ4v) is 2.74. The predicted octanol–water partition coefficient (Wildman–Crippen LogP) is 4.28. The number of ether oxygens (including phenoxy) is 1. The second-order valence-corrected chi connectivity index (χ2v) is 6.26. The molecule has 0 bridgehead atoms. The zero-order valence-corrected chi connectivity index (χ0v) is 15.5. The Morgan fingerprint density at radius 3 is 2.60 bits per heavy atom. The van der Waals surface area contributed by atoms with E-state index in [1.54, 1.807) is 30.6 Å². The summed E-state index contributed by atoms with van der Waals surface area (Å²) in [5, 5.41) is 3.21. The van der Waals surface area contributed by atoms with Crippen LogP contribution in [0.2, 0.25) is 0 Å². The van der Waals surface area contributed by atoms with Crippen LogP contribution < -0.4 is 10.1 Å². The van der Waals surface area contributed by atoms with Crippen molar-refractivity contribution in [3.63, 3.8) is 0 Å². The highest BCUT2D eigenvalue weighted by atomic mass is 19.4. The quantitative estimate of drug-likeness (QED) is 0.506. The SMILES string of the molecule is FC(F)(F)c1ccc(Oc2cccc(CCNc3ncnc4nccnc34)c2)nc1. The molecule has 1 aromatic carbocycles. The number of halogens is 3. The zero-order valence-electron chi connectivity index (χ0n) is 15.5. The Labute approximate surface area is 169 Å². The molecule has 0 saturated heterocycles. The van der Waals surface area contributed by atoms with E-state index < -0.39 is 11.7 Å². The largest absolute Gasteiger partial charge is 0.439 e. The molecule has 3 aromatic heterocycles.